The molecule has 0 aliphatic carbocycles. The van der Waals surface area contributed by atoms with E-state index in [-0.39, 0.29) is 51.8 Å². The minimum atomic E-state index is -5.38. The van der Waals surface area contributed by atoms with Gasteiger partial charge in [0.1, 0.15) is 10.6 Å². The topological polar surface area (TPSA) is 416 Å². The van der Waals surface area contributed by atoms with Crippen LogP contribution in [0.3, 0.4) is 0 Å². The van der Waals surface area contributed by atoms with E-state index in [1.807, 2.05) is 0 Å². The molecule has 5 rings (SSSR count). The van der Waals surface area contributed by atoms with Crippen molar-refractivity contribution >= 4 is 102 Å². The maximum absolute atomic E-state index is 14.1. The zero-order chi connectivity index (χ0) is 44.4. The van der Waals surface area contributed by atoms with Gasteiger partial charge in [-0.1, -0.05) is 5.75 Å². The molecule has 0 saturated heterocycles. The third kappa shape index (κ3) is 12.4. The largest absolute Gasteiger partial charge is 1.00 e. The van der Waals surface area contributed by atoms with Gasteiger partial charge in [-0.15, -0.1) is 5.11 Å². The van der Waals surface area contributed by atoms with E-state index >= 15 is 0 Å². The fraction of sp³-hybridized carbons (Fsp3) is 0.103. The molecule has 0 aliphatic heterocycles. The van der Waals surface area contributed by atoms with E-state index in [2.05, 4.69) is 45.3 Å². The van der Waals surface area contributed by atoms with Crippen molar-refractivity contribution < 1.29 is 104 Å². The van der Waals surface area contributed by atoms with Crippen LogP contribution in [0, 0.1) is 11.5 Å². The van der Waals surface area contributed by atoms with Gasteiger partial charge < -0.3 is 20.5 Å². The number of hydrogen-bond donors (Lipinski definition) is 7. The maximum Gasteiger partial charge on any atom is 1.00 e. The molecule has 0 amide bonds. The van der Waals surface area contributed by atoms with Gasteiger partial charge in [0.05, 0.1) is 45.5 Å². The van der Waals surface area contributed by atoms with E-state index in [9.17, 15) is 66.1 Å². The van der Waals surface area contributed by atoms with Crippen LogP contribution < -0.4 is 55.4 Å². The number of hydrogen-bond acceptors (Lipinski definition) is 22. The van der Waals surface area contributed by atoms with Crippen molar-refractivity contribution in [2.75, 3.05) is 35.4 Å². The number of ether oxygens (including phenoxy) is 1. The molecule has 1 aromatic heterocycles. The summed E-state index contributed by atoms with van der Waals surface area (Å²) in [6, 6.07) is 9.34. The number of nitrogens with one attached hydrogen (secondary N) is 3. The van der Waals surface area contributed by atoms with Gasteiger partial charge in [-0.2, -0.15) is 59.0 Å². The van der Waals surface area contributed by atoms with Gasteiger partial charge in [-0.25, -0.2) is 12.6 Å². The fourth-order valence-corrected chi connectivity index (χ4v) is 8.15. The third-order valence-electron chi connectivity index (χ3n) is 7.45. The second kappa shape index (κ2) is 18.4. The first kappa shape index (κ1) is 48.5. The minimum absolute atomic E-state index is 0. The minimum Gasteiger partial charge on any atom is -0.870 e. The summed E-state index contributed by atoms with van der Waals surface area (Å²) >= 11 is 0. The van der Waals surface area contributed by atoms with Gasteiger partial charge in [0.25, 0.3) is 30.4 Å². The fourth-order valence-electron chi connectivity index (χ4n) is 4.93. The summed E-state index contributed by atoms with van der Waals surface area (Å²) in [5.41, 5.74) is -1.97. The van der Waals surface area contributed by atoms with E-state index in [0.29, 0.717) is 18.2 Å². The Kier molecular flexibility index (Phi) is 14.6. The van der Waals surface area contributed by atoms with E-state index < -0.39 is 123 Å². The normalized spacial score (nSPS) is 12.4. The first-order valence-corrected chi connectivity index (χ1v) is 22.9. The van der Waals surface area contributed by atoms with Crippen molar-refractivity contribution in [3.63, 3.8) is 0 Å². The van der Waals surface area contributed by atoms with E-state index in [4.69, 9.17) is 9.29 Å². The molecule has 0 radical (unpaired) electrons. The van der Waals surface area contributed by atoms with Crippen LogP contribution in [-0.2, 0) is 54.8 Å². The smallest absolute Gasteiger partial charge is 0.870 e. The number of aromatic nitrogens is 3. The molecule has 0 spiro atoms. The summed E-state index contributed by atoms with van der Waals surface area (Å²) in [6.45, 7) is -0.885. The van der Waals surface area contributed by atoms with Gasteiger partial charge in [-0.3, -0.25) is 23.5 Å². The van der Waals surface area contributed by atoms with Crippen molar-refractivity contribution in [3.8, 4) is 17.7 Å². The molecular weight excluding hydrogens is 930 g/mol. The summed E-state index contributed by atoms with van der Waals surface area (Å²) in [7, 11) is -23.2. The molecule has 26 nitrogen and oxygen atoms in total. The van der Waals surface area contributed by atoms with Crippen molar-refractivity contribution in [1.82, 2.24) is 15.0 Å². The van der Waals surface area contributed by atoms with Gasteiger partial charge >= 0.3 is 40.0 Å². The second-order valence-corrected chi connectivity index (χ2v) is 18.9. The second-order valence-electron chi connectivity index (χ2n) is 11.5. The Balaban J connectivity index is 0.00000819. The van der Waals surface area contributed by atoms with Crippen LogP contribution in [0.2, 0.25) is 0 Å². The molecule has 0 aliphatic rings. The first-order valence-electron chi connectivity index (χ1n) is 15.5. The predicted molar refractivity (Wildman–Crippen MR) is 202 cm³/mol. The summed E-state index contributed by atoms with van der Waals surface area (Å²) in [5, 5.41) is 36.8. The van der Waals surface area contributed by atoms with Crippen LogP contribution in [0.5, 0.6) is 11.5 Å². The predicted octanol–water partition coefficient (Wildman–Crippen LogP) is -0.760. The standard InChI is InChI=1S/C29H25N9O17S5.Na/c1-54-18-10-17(11-21(12-18)58(45,46)47)37-38-25-23(59(48,49)50)9-15-8-20(57(42,43)44)13-22(24(15)26(25)39)33-29-35-27(31-14-30)34-28(36-29)32-16-2-4-19(5-3-16)56(40,41)7-6-55-60(51,52)53;/h2-5,8-13,39H,6-7H2,1H3,(H,42,43,44)(H,45,46,47)(H,48,49,50)(H,51,52,53)(H3,31,32,33,34,35,36);/q;+1/p-1. The van der Waals surface area contributed by atoms with Gasteiger partial charge in [0, 0.05) is 23.5 Å². The van der Waals surface area contributed by atoms with Crippen LogP contribution in [0.15, 0.2) is 90.5 Å². The van der Waals surface area contributed by atoms with Gasteiger partial charge in [0.15, 0.2) is 16.0 Å². The van der Waals surface area contributed by atoms with Gasteiger partial charge in [0.2, 0.25) is 17.8 Å². The van der Waals surface area contributed by atoms with Crippen molar-refractivity contribution in [2.45, 2.75) is 19.6 Å². The summed E-state index contributed by atoms with van der Waals surface area (Å²) in [5.74, 6) is -3.79. The number of rotatable bonds is 16. The zero-order valence-electron chi connectivity index (χ0n) is 30.5. The average molecular weight is 954 g/mol. The van der Waals surface area contributed by atoms with Crippen LogP contribution in [0.25, 0.3) is 10.8 Å². The molecule has 0 fully saturated rings. The molecule has 5 aromatic rings. The zero-order valence-corrected chi connectivity index (χ0v) is 36.6. The van der Waals surface area contributed by atoms with Gasteiger partial charge in [-0.05, 0) is 59.3 Å². The Morgan fingerprint density at radius 1 is 0.738 bits per heavy atom. The number of benzene rings is 4. The maximum atomic E-state index is 14.1. The number of anilines is 5. The Morgan fingerprint density at radius 3 is 1.89 bits per heavy atom. The third-order valence-corrected chi connectivity index (χ3v) is 12.1. The number of azo groups is 1. The Bertz CT molecular complexity index is 3190. The Hall–Kier alpha value is -5.21. The molecule has 0 unspecified atom stereocenters. The first-order chi connectivity index (χ1) is 27.8. The molecule has 7 N–H and O–H groups in total. The molecule has 318 valence electrons. The number of methoxy groups -OCH3 is 1. The van der Waals surface area contributed by atoms with Crippen LogP contribution >= 0.6 is 0 Å². The average Bonchev–Trinajstić information content (AvgIpc) is 3.12. The SMILES string of the molecule is COc1cc(N=Nc2c(S(=O)(=O)O)cc3cc(S(=O)(=O)O)cc(Nc4nc(NC#N)nc(Nc5ccc(S(=O)(=O)CCOS(=O)(=O)O)cc5)n4)c3c2[O-])cc(S(=O)(=O)O)c1.[Na+]. The number of nitriles is 1. The molecule has 0 saturated carbocycles. The van der Waals surface area contributed by atoms with Crippen molar-refractivity contribution in [3.05, 3.63) is 60.7 Å². The molecule has 0 bridgehead atoms. The quantitative estimate of drug-likeness (QED) is 0.0210. The Morgan fingerprint density at radius 2 is 1.33 bits per heavy atom. The van der Waals surface area contributed by atoms with Crippen LogP contribution in [-0.4, -0.2) is 94.7 Å². The van der Waals surface area contributed by atoms with Crippen LogP contribution in [0.4, 0.5) is 40.6 Å². The molecule has 0 atom stereocenters. The van der Waals surface area contributed by atoms with E-state index in [0.717, 1.165) is 37.4 Å². The number of fused-ring (bicyclic) bond motifs is 1. The Labute approximate surface area is 367 Å². The monoisotopic (exact) mass is 953 g/mol. The summed E-state index contributed by atoms with van der Waals surface area (Å²) in [4.78, 5) is 8.82. The van der Waals surface area contributed by atoms with E-state index in [1.165, 1.54) is 12.1 Å². The molecule has 4 aromatic carbocycles. The molecular formula is C29H24N9NaO17S5. The van der Waals surface area contributed by atoms with Crippen LogP contribution in [0.1, 0.15) is 0 Å². The van der Waals surface area contributed by atoms with E-state index in [1.54, 1.807) is 6.19 Å². The molecule has 1 heterocycles. The summed E-state index contributed by atoms with van der Waals surface area (Å²) in [6.07, 6.45) is 1.55. The number of nitrogens with zero attached hydrogens (tertiary/aromatic N) is 6. The summed E-state index contributed by atoms with van der Waals surface area (Å²) < 4.78 is 167. The molecule has 61 heavy (non-hydrogen) atoms. The number of sulfone groups is 1. The molecule has 32 heteroatoms. The van der Waals surface area contributed by atoms with Crippen molar-refractivity contribution in [1.29, 1.82) is 5.26 Å². The van der Waals surface area contributed by atoms with Crippen molar-refractivity contribution in [2.24, 2.45) is 10.2 Å².